The number of thiophene rings is 1. The Hall–Kier alpha value is -1.31. The Morgan fingerprint density at radius 3 is 2.78 bits per heavy atom. The molecule has 4 heteroatoms. The van der Waals surface area contributed by atoms with Crippen molar-refractivity contribution < 1.29 is 0 Å². The van der Waals surface area contributed by atoms with Crippen LogP contribution in [0, 0.1) is 18.3 Å². The first-order valence-electron chi connectivity index (χ1n) is 5.66. The monoisotopic (exact) mass is 320 g/mol. The summed E-state index contributed by atoms with van der Waals surface area (Å²) in [6, 6.07) is 8.38. The van der Waals surface area contributed by atoms with E-state index in [2.05, 4.69) is 48.0 Å². The summed E-state index contributed by atoms with van der Waals surface area (Å²) in [5.74, 6) is 0. The smallest absolute Gasteiger partial charge is 0.128 e. The van der Waals surface area contributed by atoms with Crippen LogP contribution in [-0.4, -0.2) is 0 Å². The summed E-state index contributed by atoms with van der Waals surface area (Å²) in [5, 5.41) is 9.09. The molecule has 0 aliphatic heterocycles. The van der Waals surface area contributed by atoms with E-state index in [1.54, 1.807) is 0 Å². The van der Waals surface area contributed by atoms with Gasteiger partial charge in [-0.25, -0.2) is 0 Å². The van der Waals surface area contributed by atoms with E-state index in [4.69, 9.17) is 11.0 Å². The van der Waals surface area contributed by atoms with Crippen molar-refractivity contribution in [2.24, 2.45) is 0 Å². The minimum atomic E-state index is 0.607. The number of nitrogens with two attached hydrogens (primary N) is 1. The first kappa shape index (κ1) is 13.1. The highest BCUT2D eigenvalue weighted by Crippen LogP contribution is 2.41. The highest BCUT2D eigenvalue weighted by atomic mass is 79.9. The first-order chi connectivity index (χ1) is 8.58. The van der Waals surface area contributed by atoms with E-state index in [9.17, 15) is 0 Å². The fraction of sp³-hybridized carbons (Fsp3) is 0.214. The average Bonchev–Trinajstić information content (AvgIpc) is 2.68. The number of anilines is 1. The quantitative estimate of drug-likeness (QED) is 0.885. The van der Waals surface area contributed by atoms with E-state index in [-0.39, 0.29) is 0 Å². The van der Waals surface area contributed by atoms with Gasteiger partial charge < -0.3 is 5.73 Å². The fourth-order valence-corrected chi connectivity index (χ4v) is 3.66. The third-order valence-corrected chi connectivity index (χ3v) is 4.75. The van der Waals surface area contributed by atoms with Crippen molar-refractivity contribution in [2.45, 2.75) is 20.3 Å². The van der Waals surface area contributed by atoms with Crippen LogP contribution < -0.4 is 5.73 Å². The molecule has 0 bridgehead atoms. The van der Waals surface area contributed by atoms with Gasteiger partial charge in [-0.15, -0.1) is 11.3 Å². The van der Waals surface area contributed by atoms with Gasteiger partial charge in [0.1, 0.15) is 10.9 Å². The van der Waals surface area contributed by atoms with E-state index < -0.39 is 0 Å². The molecular formula is C14H13BrN2S. The van der Waals surface area contributed by atoms with Crippen LogP contribution in [0.4, 0.5) is 5.69 Å². The Morgan fingerprint density at radius 2 is 2.17 bits per heavy atom. The predicted molar refractivity (Wildman–Crippen MR) is 80.7 cm³/mol. The predicted octanol–water partition coefficient (Wildman–Crippen LogP) is 4.50. The number of aryl methyl sites for hydroxylation is 1. The average molecular weight is 321 g/mol. The van der Waals surface area contributed by atoms with Gasteiger partial charge in [0, 0.05) is 14.9 Å². The summed E-state index contributed by atoms with van der Waals surface area (Å²) < 4.78 is 1.04. The number of nitrogen functional groups attached to an aromatic ring is 1. The lowest BCUT2D eigenvalue weighted by molar-refractivity contribution is 1.16. The lowest BCUT2D eigenvalue weighted by atomic mass is 10.0. The largest absolute Gasteiger partial charge is 0.397 e. The van der Waals surface area contributed by atoms with Crippen LogP contribution in [0.5, 0.6) is 0 Å². The van der Waals surface area contributed by atoms with Gasteiger partial charge in [0.05, 0.1) is 5.69 Å². The Bertz CT molecular complexity index is 638. The third kappa shape index (κ3) is 2.16. The number of halogens is 1. The summed E-state index contributed by atoms with van der Waals surface area (Å²) in [7, 11) is 0. The van der Waals surface area contributed by atoms with Crippen molar-refractivity contribution in [2.75, 3.05) is 5.73 Å². The van der Waals surface area contributed by atoms with Gasteiger partial charge >= 0.3 is 0 Å². The molecule has 18 heavy (non-hydrogen) atoms. The maximum atomic E-state index is 9.09. The van der Waals surface area contributed by atoms with E-state index in [1.165, 1.54) is 16.9 Å². The summed E-state index contributed by atoms with van der Waals surface area (Å²) in [5.41, 5.74) is 10.0. The molecule has 0 fully saturated rings. The van der Waals surface area contributed by atoms with Gasteiger partial charge in [-0.1, -0.05) is 34.5 Å². The molecule has 0 spiro atoms. The zero-order valence-corrected chi connectivity index (χ0v) is 12.7. The zero-order chi connectivity index (χ0) is 13.3. The lowest BCUT2D eigenvalue weighted by Crippen LogP contribution is -1.92. The number of hydrogen-bond acceptors (Lipinski definition) is 3. The van der Waals surface area contributed by atoms with Crippen LogP contribution in [0.3, 0.4) is 0 Å². The second kappa shape index (κ2) is 5.13. The molecule has 0 amide bonds. The van der Waals surface area contributed by atoms with E-state index in [0.717, 1.165) is 26.9 Å². The highest BCUT2D eigenvalue weighted by molar-refractivity contribution is 9.10. The van der Waals surface area contributed by atoms with Gasteiger partial charge in [0.25, 0.3) is 0 Å². The van der Waals surface area contributed by atoms with Crippen LogP contribution >= 0.6 is 27.3 Å². The maximum Gasteiger partial charge on any atom is 0.128 e. The molecule has 0 unspecified atom stereocenters. The summed E-state index contributed by atoms with van der Waals surface area (Å²) in [4.78, 5) is 1.71. The molecule has 2 aromatic rings. The molecule has 2 nitrogen and oxygen atoms in total. The molecule has 0 atom stereocenters. The minimum Gasteiger partial charge on any atom is -0.397 e. The number of nitriles is 1. The summed E-state index contributed by atoms with van der Waals surface area (Å²) >= 11 is 5.04. The van der Waals surface area contributed by atoms with Gasteiger partial charge in [-0.05, 0) is 31.0 Å². The molecular weight excluding hydrogens is 308 g/mol. The molecule has 1 aromatic heterocycles. The van der Waals surface area contributed by atoms with Gasteiger partial charge in [-0.2, -0.15) is 5.26 Å². The molecule has 1 heterocycles. The maximum absolute atomic E-state index is 9.09. The van der Waals surface area contributed by atoms with Gasteiger partial charge in [-0.3, -0.25) is 0 Å². The first-order valence-corrected chi connectivity index (χ1v) is 7.27. The zero-order valence-electron chi connectivity index (χ0n) is 10.2. The summed E-state index contributed by atoms with van der Waals surface area (Å²) in [6.45, 7) is 4.12. The Kier molecular flexibility index (Phi) is 3.74. The molecule has 1 aromatic carbocycles. The van der Waals surface area contributed by atoms with Crippen LogP contribution in [0.1, 0.15) is 22.9 Å². The van der Waals surface area contributed by atoms with Gasteiger partial charge in [0.15, 0.2) is 0 Å². The molecule has 0 aliphatic rings. The highest BCUT2D eigenvalue weighted by Gasteiger charge is 2.17. The molecule has 2 rings (SSSR count). The van der Waals surface area contributed by atoms with Crippen LogP contribution in [0.15, 0.2) is 22.7 Å². The molecule has 0 aliphatic carbocycles. The number of nitrogens with zero attached hydrogens (tertiary/aromatic N) is 1. The number of rotatable bonds is 2. The molecule has 0 saturated heterocycles. The SMILES string of the molecule is CCc1c(-c2cc(C)ccc2Br)sc(C#N)c1N. The standard InChI is InChI=1S/C14H13BrN2S/c1-3-9-13(17)12(7-16)18-14(9)10-6-8(2)4-5-11(10)15/h4-6H,3,17H2,1-2H3. The summed E-state index contributed by atoms with van der Waals surface area (Å²) in [6.07, 6.45) is 0.833. The lowest BCUT2D eigenvalue weighted by Gasteiger charge is -2.06. The van der Waals surface area contributed by atoms with Crippen molar-refractivity contribution in [3.05, 3.63) is 38.7 Å². The minimum absolute atomic E-state index is 0.607. The van der Waals surface area contributed by atoms with Crippen molar-refractivity contribution in [3.63, 3.8) is 0 Å². The van der Waals surface area contributed by atoms with E-state index in [0.29, 0.717) is 10.6 Å². The van der Waals surface area contributed by atoms with E-state index in [1.807, 2.05) is 6.07 Å². The second-order valence-corrected chi connectivity index (χ2v) is 5.98. The Labute approximate surface area is 119 Å². The van der Waals surface area contributed by atoms with Crippen LogP contribution in [-0.2, 0) is 6.42 Å². The van der Waals surface area contributed by atoms with Crippen molar-refractivity contribution >= 4 is 33.0 Å². The molecule has 2 N–H and O–H groups in total. The topological polar surface area (TPSA) is 49.8 Å². The van der Waals surface area contributed by atoms with Gasteiger partial charge in [0.2, 0.25) is 0 Å². The number of benzene rings is 1. The van der Waals surface area contributed by atoms with Crippen molar-refractivity contribution in [3.8, 4) is 16.5 Å². The molecule has 0 saturated carbocycles. The molecule has 0 radical (unpaired) electrons. The third-order valence-electron chi connectivity index (χ3n) is 2.87. The number of hydrogen-bond donors (Lipinski definition) is 1. The Balaban J connectivity index is 2.71. The van der Waals surface area contributed by atoms with Crippen LogP contribution in [0.25, 0.3) is 10.4 Å². The molecule has 92 valence electrons. The van der Waals surface area contributed by atoms with Crippen molar-refractivity contribution in [1.82, 2.24) is 0 Å². The fourth-order valence-electron chi connectivity index (χ4n) is 1.94. The Morgan fingerprint density at radius 1 is 1.44 bits per heavy atom. The van der Waals surface area contributed by atoms with Crippen molar-refractivity contribution in [1.29, 1.82) is 5.26 Å². The van der Waals surface area contributed by atoms with Crippen LogP contribution in [0.2, 0.25) is 0 Å². The van der Waals surface area contributed by atoms with E-state index >= 15 is 0 Å². The second-order valence-electron chi connectivity index (χ2n) is 4.10. The normalized spacial score (nSPS) is 10.3.